The van der Waals surface area contributed by atoms with E-state index in [1.54, 1.807) is 0 Å². The van der Waals surface area contributed by atoms with Crippen molar-refractivity contribution in [1.29, 1.82) is 0 Å². The Kier molecular flexibility index (Phi) is 1.80. The average Bonchev–Trinajstić information content (AvgIpc) is 2.77. The molecule has 0 radical (unpaired) electrons. The molecular formula is C10H13N3O. The largest absolute Gasteiger partial charge is 0.314 e. The third-order valence-corrected chi connectivity index (χ3v) is 3.23. The molecule has 2 fully saturated rings. The van der Waals surface area contributed by atoms with Gasteiger partial charge in [-0.15, -0.1) is 0 Å². The van der Waals surface area contributed by atoms with Crippen molar-refractivity contribution < 1.29 is 4.84 Å². The van der Waals surface area contributed by atoms with Crippen LogP contribution >= 0.6 is 0 Å². The third kappa shape index (κ3) is 1.02. The minimum Gasteiger partial charge on any atom is -0.314 e. The van der Waals surface area contributed by atoms with E-state index in [1.165, 1.54) is 5.56 Å². The fourth-order valence-electron chi connectivity index (χ4n) is 2.40. The number of nitrogens with zero attached hydrogens (tertiary/aromatic N) is 1. The van der Waals surface area contributed by atoms with Crippen molar-refractivity contribution in [2.75, 3.05) is 19.7 Å². The maximum Gasteiger partial charge on any atom is 0.0868 e. The highest BCUT2D eigenvalue weighted by atomic mass is 16.7. The molecule has 74 valence electrons. The highest BCUT2D eigenvalue weighted by molar-refractivity contribution is 5.26. The van der Waals surface area contributed by atoms with Gasteiger partial charge in [0, 0.05) is 31.4 Å². The van der Waals surface area contributed by atoms with Crippen LogP contribution in [0.15, 0.2) is 24.5 Å². The van der Waals surface area contributed by atoms with Gasteiger partial charge >= 0.3 is 0 Å². The Morgan fingerprint density at radius 3 is 3.14 bits per heavy atom. The molecule has 2 atom stereocenters. The van der Waals surface area contributed by atoms with Crippen molar-refractivity contribution in [1.82, 2.24) is 15.8 Å². The lowest BCUT2D eigenvalue weighted by Gasteiger charge is -2.26. The van der Waals surface area contributed by atoms with Gasteiger partial charge in [0.1, 0.15) is 0 Å². The summed E-state index contributed by atoms with van der Waals surface area (Å²) in [7, 11) is 0. The fourth-order valence-corrected chi connectivity index (χ4v) is 2.40. The van der Waals surface area contributed by atoms with Crippen LogP contribution in [0, 0.1) is 5.92 Å². The molecule has 0 aromatic carbocycles. The Morgan fingerprint density at radius 2 is 2.29 bits per heavy atom. The predicted octanol–water partition coefficient (Wildman–Crippen LogP) is 0.0311. The van der Waals surface area contributed by atoms with Crippen LogP contribution in [0.2, 0.25) is 0 Å². The number of hydrogen-bond acceptors (Lipinski definition) is 4. The Hall–Kier alpha value is -0.970. The van der Waals surface area contributed by atoms with E-state index in [4.69, 9.17) is 4.84 Å². The Bertz CT molecular complexity index is 317. The Balaban J connectivity index is 2.03. The van der Waals surface area contributed by atoms with Crippen LogP contribution < -0.4 is 10.8 Å². The number of hydrogen-bond donors (Lipinski definition) is 2. The third-order valence-electron chi connectivity index (χ3n) is 3.23. The van der Waals surface area contributed by atoms with Gasteiger partial charge in [0.25, 0.3) is 0 Å². The van der Waals surface area contributed by atoms with Crippen LogP contribution in [0.25, 0.3) is 0 Å². The van der Waals surface area contributed by atoms with E-state index in [9.17, 15) is 0 Å². The Morgan fingerprint density at radius 1 is 1.43 bits per heavy atom. The van der Waals surface area contributed by atoms with Crippen molar-refractivity contribution in [2.45, 2.75) is 5.54 Å². The summed E-state index contributed by atoms with van der Waals surface area (Å²) >= 11 is 0. The summed E-state index contributed by atoms with van der Waals surface area (Å²) in [6.45, 7) is 2.74. The zero-order chi connectivity index (χ0) is 9.43. The molecule has 2 aliphatic heterocycles. The monoisotopic (exact) mass is 191 g/mol. The molecule has 0 spiro atoms. The van der Waals surface area contributed by atoms with E-state index in [1.807, 2.05) is 12.4 Å². The number of rotatable bonds is 1. The molecule has 14 heavy (non-hydrogen) atoms. The van der Waals surface area contributed by atoms with E-state index < -0.39 is 0 Å². The summed E-state index contributed by atoms with van der Waals surface area (Å²) < 4.78 is 0. The second-order valence-electron chi connectivity index (χ2n) is 3.95. The molecule has 4 nitrogen and oxygen atoms in total. The van der Waals surface area contributed by atoms with E-state index in [0.29, 0.717) is 5.92 Å². The minimum absolute atomic E-state index is 0.0249. The first-order valence-corrected chi connectivity index (χ1v) is 4.92. The standard InChI is InChI=1S/C10H13N3O/c1-3-11-4-2-8(1)10-7-12-5-9(10)6-14-13-10/h1-4,9,12-13H,5-7H2/t9-,10-/m0/s1. The van der Waals surface area contributed by atoms with E-state index >= 15 is 0 Å². The SMILES string of the molecule is c1cc([C@@]23CNC[C@H]2CON3)ccn1. The lowest BCUT2D eigenvalue weighted by Crippen LogP contribution is -2.42. The van der Waals surface area contributed by atoms with E-state index in [2.05, 4.69) is 27.9 Å². The summed E-state index contributed by atoms with van der Waals surface area (Å²) in [5.41, 5.74) is 4.40. The van der Waals surface area contributed by atoms with Crippen molar-refractivity contribution >= 4 is 0 Å². The van der Waals surface area contributed by atoms with Crippen molar-refractivity contribution in [3.63, 3.8) is 0 Å². The van der Waals surface area contributed by atoms with Crippen molar-refractivity contribution in [3.8, 4) is 0 Å². The summed E-state index contributed by atoms with van der Waals surface area (Å²) in [6.07, 6.45) is 3.67. The first-order chi connectivity index (χ1) is 6.92. The summed E-state index contributed by atoms with van der Waals surface area (Å²) in [6, 6.07) is 4.11. The van der Waals surface area contributed by atoms with Crippen LogP contribution in [0.3, 0.4) is 0 Å². The second-order valence-corrected chi connectivity index (χ2v) is 3.95. The molecule has 1 aromatic heterocycles. The highest BCUT2D eigenvalue weighted by Crippen LogP contribution is 2.36. The number of hydroxylamine groups is 1. The topological polar surface area (TPSA) is 46.2 Å². The van der Waals surface area contributed by atoms with Crippen LogP contribution in [0.4, 0.5) is 0 Å². The molecule has 0 unspecified atom stereocenters. The van der Waals surface area contributed by atoms with Gasteiger partial charge in [0.2, 0.25) is 0 Å². The van der Waals surface area contributed by atoms with Crippen LogP contribution in [0.1, 0.15) is 5.56 Å². The summed E-state index contributed by atoms with van der Waals surface area (Å²) in [5.74, 6) is 0.532. The molecule has 2 saturated heterocycles. The maximum absolute atomic E-state index is 5.36. The van der Waals surface area contributed by atoms with Gasteiger partial charge in [0.05, 0.1) is 12.1 Å². The fraction of sp³-hybridized carbons (Fsp3) is 0.500. The van der Waals surface area contributed by atoms with E-state index in [-0.39, 0.29) is 5.54 Å². The normalized spacial score (nSPS) is 35.9. The molecule has 4 heteroatoms. The summed E-state index contributed by atoms with van der Waals surface area (Å²) in [5, 5.41) is 3.40. The molecular weight excluding hydrogens is 178 g/mol. The molecule has 2 N–H and O–H groups in total. The number of pyridine rings is 1. The lowest BCUT2D eigenvalue weighted by atomic mass is 9.83. The molecule has 0 aliphatic carbocycles. The molecule has 2 aliphatic rings. The zero-order valence-electron chi connectivity index (χ0n) is 7.86. The molecule has 0 saturated carbocycles. The van der Waals surface area contributed by atoms with Gasteiger partial charge in [-0.25, -0.2) is 0 Å². The van der Waals surface area contributed by atoms with Gasteiger partial charge in [-0.05, 0) is 17.7 Å². The zero-order valence-corrected chi connectivity index (χ0v) is 7.86. The van der Waals surface area contributed by atoms with Crippen molar-refractivity contribution in [2.24, 2.45) is 5.92 Å². The first-order valence-electron chi connectivity index (χ1n) is 4.92. The molecule has 1 aromatic rings. The highest BCUT2D eigenvalue weighted by Gasteiger charge is 2.48. The maximum atomic E-state index is 5.36. The van der Waals surface area contributed by atoms with Gasteiger partial charge in [0.15, 0.2) is 0 Å². The molecule has 3 rings (SSSR count). The molecule has 0 bridgehead atoms. The predicted molar refractivity (Wildman–Crippen MR) is 51.4 cm³/mol. The quantitative estimate of drug-likeness (QED) is 0.657. The van der Waals surface area contributed by atoms with E-state index in [0.717, 1.165) is 19.7 Å². The smallest absolute Gasteiger partial charge is 0.0868 e. The summed E-state index contributed by atoms with van der Waals surface area (Å²) in [4.78, 5) is 9.40. The Labute approximate surface area is 82.6 Å². The van der Waals surface area contributed by atoms with Gasteiger partial charge < -0.3 is 10.2 Å². The number of fused-ring (bicyclic) bond motifs is 1. The van der Waals surface area contributed by atoms with Crippen LogP contribution in [0.5, 0.6) is 0 Å². The van der Waals surface area contributed by atoms with Crippen LogP contribution in [-0.2, 0) is 10.4 Å². The van der Waals surface area contributed by atoms with Crippen molar-refractivity contribution in [3.05, 3.63) is 30.1 Å². The minimum atomic E-state index is -0.0249. The van der Waals surface area contributed by atoms with Gasteiger partial charge in [-0.1, -0.05) is 0 Å². The van der Waals surface area contributed by atoms with Gasteiger partial charge in [-0.2, -0.15) is 5.48 Å². The number of nitrogens with one attached hydrogen (secondary N) is 2. The first kappa shape index (κ1) is 8.35. The average molecular weight is 191 g/mol. The second kappa shape index (κ2) is 3.02. The number of aromatic nitrogens is 1. The van der Waals surface area contributed by atoms with Gasteiger partial charge in [-0.3, -0.25) is 4.98 Å². The molecule has 3 heterocycles. The lowest BCUT2D eigenvalue weighted by molar-refractivity contribution is 0.0599. The van der Waals surface area contributed by atoms with Crippen LogP contribution in [-0.4, -0.2) is 24.7 Å². The molecule has 0 amide bonds.